The Morgan fingerprint density at radius 1 is 1.00 bits per heavy atom. The molecule has 0 fully saturated rings. The first kappa shape index (κ1) is 12.8. The highest BCUT2D eigenvalue weighted by Gasteiger charge is 2.12. The van der Waals surface area contributed by atoms with Crippen LogP contribution >= 0.6 is 0 Å². The van der Waals surface area contributed by atoms with E-state index in [1.54, 1.807) is 18.5 Å². The average molecular weight is 289 g/mol. The third-order valence-electron chi connectivity index (χ3n) is 3.86. The first-order valence-corrected chi connectivity index (χ1v) is 7.14. The van der Waals surface area contributed by atoms with Crippen molar-refractivity contribution in [1.29, 1.82) is 0 Å². The van der Waals surface area contributed by atoms with Crippen molar-refractivity contribution in [1.82, 2.24) is 24.5 Å². The number of H-pyrrole nitrogens is 1. The standard InChI is InChI=1S/C17H15N5/c1-11-9-13-14(10-12(11)2)21-16(20-13)15-5-3-8-22(15)17-18-6-4-7-19-17/h3-10H,1-2H3,(H,20,21). The first-order valence-electron chi connectivity index (χ1n) is 7.14. The van der Waals surface area contributed by atoms with Crippen LogP contribution in [0.2, 0.25) is 0 Å². The van der Waals surface area contributed by atoms with Crippen molar-refractivity contribution in [2.75, 3.05) is 0 Å². The van der Waals surface area contributed by atoms with E-state index in [0.29, 0.717) is 5.95 Å². The van der Waals surface area contributed by atoms with Gasteiger partial charge in [0.05, 0.1) is 16.7 Å². The van der Waals surface area contributed by atoms with Gasteiger partial charge in [-0.05, 0) is 55.3 Å². The molecule has 1 N–H and O–H groups in total. The summed E-state index contributed by atoms with van der Waals surface area (Å²) in [5.41, 5.74) is 5.45. The quantitative estimate of drug-likeness (QED) is 0.615. The minimum Gasteiger partial charge on any atom is -0.337 e. The van der Waals surface area contributed by atoms with E-state index in [1.807, 2.05) is 22.9 Å². The molecular weight excluding hydrogens is 274 g/mol. The Morgan fingerprint density at radius 3 is 2.59 bits per heavy atom. The van der Waals surface area contributed by atoms with Crippen LogP contribution in [0.4, 0.5) is 0 Å². The maximum Gasteiger partial charge on any atom is 0.234 e. The molecule has 5 nitrogen and oxygen atoms in total. The molecule has 3 aromatic heterocycles. The predicted molar refractivity (Wildman–Crippen MR) is 85.9 cm³/mol. The van der Waals surface area contributed by atoms with Crippen LogP contribution in [0.5, 0.6) is 0 Å². The number of hydrogen-bond donors (Lipinski definition) is 1. The van der Waals surface area contributed by atoms with E-state index in [2.05, 4.69) is 40.9 Å². The molecule has 22 heavy (non-hydrogen) atoms. The minimum atomic E-state index is 0.635. The summed E-state index contributed by atoms with van der Waals surface area (Å²) in [5.74, 6) is 1.45. The number of nitrogens with zero attached hydrogens (tertiary/aromatic N) is 4. The topological polar surface area (TPSA) is 59.4 Å². The van der Waals surface area contributed by atoms with E-state index < -0.39 is 0 Å². The van der Waals surface area contributed by atoms with Crippen molar-refractivity contribution in [2.24, 2.45) is 0 Å². The van der Waals surface area contributed by atoms with Gasteiger partial charge in [0.1, 0.15) is 0 Å². The number of aryl methyl sites for hydroxylation is 2. The molecule has 108 valence electrons. The van der Waals surface area contributed by atoms with Crippen molar-refractivity contribution in [2.45, 2.75) is 13.8 Å². The van der Waals surface area contributed by atoms with Crippen molar-refractivity contribution < 1.29 is 0 Å². The molecule has 0 saturated heterocycles. The average Bonchev–Trinajstić information content (AvgIpc) is 3.15. The molecule has 0 amide bonds. The van der Waals surface area contributed by atoms with Gasteiger partial charge in [-0.2, -0.15) is 0 Å². The third kappa shape index (κ3) is 1.98. The second kappa shape index (κ2) is 4.80. The van der Waals surface area contributed by atoms with Gasteiger partial charge in [-0.3, -0.25) is 4.57 Å². The van der Waals surface area contributed by atoms with Crippen LogP contribution in [0, 0.1) is 13.8 Å². The summed E-state index contributed by atoms with van der Waals surface area (Å²) in [6.45, 7) is 4.21. The second-order valence-corrected chi connectivity index (χ2v) is 5.35. The van der Waals surface area contributed by atoms with Gasteiger partial charge in [-0.15, -0.1) is 0 Å². The van der Waals surface area contributed by atoms with Crippen LogP contribution in [0.25, 0.3) is 28.5 Å². The van der Waals surface area contributed by atoms with Gasteiger partial charge in [0.2, 0.25) is 5.95 Å². The molecule has 1 aromatic carbocycles. The summed E-state index contributed by atoms with van der Waals surface area (Å²) >= 11 is 0. The largest absolute Gasteiger partial charge is 0.337 e. The molecule has 0 saturated carbocycles. The van der Waals surface area contributed by atoms with Gasteiger partial charge in [0.25, 0.3) is 0 Å². The number of hydrogen-bond acceptors (Lipinski definition) is 3. The molecule has 0 radical (unpaired) electrons. The number of aromatic amines is 1. The molecule has 0 spiro atoms. The number of fused-ring (bicyclic) bond motifs is 1. The Kier molecular flexibility index (Phi) is 2.79. The number of aromatic nitrogens is 5. The molecule has 0 unspecified atom stereocenters. The predicted octanol–water partition coefficient (Wildman–Crippen LogP) is 3.43. The fraction of sp³-hybridized carbons (Fsp3) is 0.118. The normalized spacial score (nSPS) is 11.2. The molecule has 0 bridgehead atoms. The molecular formula is C17H15N5. The number of rotatable bonds is 2. The maximum atomic E-state index is 4.71. The van der Waals surface area contributed by atoms with Crippen LogP contribution in [0.15, 0.2) is 48.9 Å². The Morgan fingerprint density at radius 2 is 1.77 bits per heavy atom. The van der Waals surface area contributed by atoms with Crippen molar-refractivity contribution >= 4 is 11.0 Å². The van der Waals surface area contributed by atoms with Gasteiger partial charge in [-0.25, -0.2) is 15.0 Å². The van der Waals surface area contributed by atoms with Crippen LogP contribution in [-0.2, 0) is 0 Å². The molecule has 4 aromatic rings. The lowest BCUT2D eigenvalue weighted by atomic mass is 10.1. The summed E-state index contributed by atoms with van der Waals surface area (Å²) in [4.78, 5) is 16.7. The number of imidazole rings is 1. The minimum absolute atomic E-state index is 0.635. The SMILES string of the molecule is Cc1cc2nc(-c3cccn3-c3ncccn3)[nH]c2cc1C. The van der Waals surface area contributed by atoms with E-state index in [-0.39, 0.29) is 0 Å². The van der Waals surface area contributed by atoms with Crippen molar-refractivity contribution in [3.05, 3.63) is 60.0 Å². The van der Waals surface area contributed by atoms with Crippen LogP contribution < -0.4 is 0 Å². The van der Waals surface area contributed by atoms with Crippen molar-refractivity contribution in [3.8, 4) is 17.5 Å². The summed E-state index contributed by atoms with van der Waals surface area (Å²) in [6, 6.07) is 10.0. The smallest absolute Gasteiger partial charge is 0.234 e. The summed E-state index contributed by atoms with van der Waals surface area (Å²) in [6.07, 6.45) is 5.41. The van der Waals surface area contributed by atoms with E-state index in [1.165, 1.54) is 11.1 Å². The van der Waals surface area contributed by atoms with Crippen molar-refractivity contribution in [3.63, 3.8) is 0 Å². The summed E-state index contributed by atoms with van der Waals surface area (Å²) < 4.78 is 1.93. The zero-order chi connectivity index (χ0) is 15.1. The second-order valence-electron chi connectivity index (χ2n) is 5.35. The fourth-order valence-corrected chi connectivity index (χ4v) is 2.55. The summed E-state index contributed by atoms with van der Waals surface area (Å²) in [5, 5.41) is 0. The van der Waals surface area contributed by atoms with Gasteiger partial charge in [0.15, 0.2) is 5.82 Å². The summed E-state index contributed by atoms with van der Waals surface area (Å²) in [7, 11) is 0. The fourth-order valence-electron chi connectivity index (χ4n) is 2.55. The lowest BCUT2D eigenvalue weighted by Crippen LogP contribution is -2.00. The lowest BCUT2D eigenvalue weighted by Gasteiger charge is -2.04. The van der Waals surface area contributed by atoms with E-state index in [9.17, 15) is 0 Å². The van der Waals surface area contributed by atoms with Gasteiger partial charge in [-0.1, -0.05) is 0 Å². The van der Waals surface area contributed by atoms with E-state index in [4.69, 9.17) is 4.98 Å². The molecule has 0 atom stereocenters. The Labute approximate surface area is 127 Å². The zero-order valence-electron chi connectivity index (χ0n) is 12.4. The Bertz CT molecular complexity index is 911. The third-order valence-corrected chi connectivity index (χ3v) is 3.86. The number of benzene rings is 1. The first-order chi connectivity index (χ1) is 10.7. The van der Waals surface area contributed by atoms with E-state index in [0.717, 1.165) is 22.6 Å². The molecule has 4 rings (SSSR count). The Balaban J connectivity index is 1.88. The van der Waals surface area contributed by atoms with Gasteiger partial charge in [0, 0.05) is 18.6 Å². The van der Waals surface area contributed by atoms with E-state index >= 15 is 0 Å². The molecule has 0 aliphatic carbocycles. The molecule has 5 heteroatoms. The lowest BCUT2D eigenvalue weighted by molar-refractivity contribution is 0.935. The maximum absolute atomic E-state index is 4.71. The monoisotopic (exact) mass is 289 g/mol. The Hall–Kier alpha value is -2.95. The zero-order valence-corrected chi connectivity index (χ0v) is 12.4. The highest BCUT2D eigenvalue weighted by atomic mass is 15.2. The van der Waals surface area contributed by atoms with Crippen LogP contribution in [0.1, 0.15) is 11.1 Å². The number of nitrogens with one attached hydrogen (secondary N) is 1. The molecule has 0 aliphatic heterocycles. The van der Waals surface area contributed by atoms with Gasteiger partial charge >= 0.3 is 0 Å². The van der Waals surface area contributed by atoms with Crippen LogP contribution in [-0.4, -0.2) is 24.5 Å². The molecule has 0 aliphatic rings. The van der Waals surface area contributed by atoms with Gasteiger partial charge < -0.3 is 4.98 Å². The van der Waals surface area contributed by atoms with Crippen LogP contribution in [0.3, 0.4) is 0 Å². The highest BCUT2D eigenvalue weighted by Crippen LogP contribution is 2.24. The highest BCUT2D eigenvalue weighted by molar-refractivity contribution is 5.80. The molecule has 3 heterocycles.